The zero-order valence-electron chi connectivity index (χ0n) is 73.8. The fourth-order valence-electron chi connectivity index (χ4n) is 18.7. The van der Waals surface area contributed by atoms with Gasteiger partial charge in [-0.3, -0.25) is 28.8 Å². The summed E-state index contributed by atoms with van der Waals surface area (Å²) in [5.41, 5.74) is -1.90. The van der Waals surface area contributed by atoms with E-state index in [1.165, 1.54) is 14.7 Å². The number of benzene rings is 3. The maximum atomic E-state index is 15.8. The Hall–Kier alpha value is -7.76. The number of alkyl halides is 6. The molecule has 6 bridgehead atoms. The number of rotatable bonds is 3. The van der Waals surface area contributed by atoms with E-state index in [-0.39, 0.29) is 173 Å². The Kier molecular flexibility index (Phi) is 32.1. The molecule has 3 amide bonds. The fourth-order valence-corrected chi connectivity index (χ4v) is 18.7. The van der Waals surface area contributed by atoms with Crippen LogP contribution in [0.3, 0.4) is 0 Å². The fraction of sp³-hybridized carbons (Fsp3) is 0.645. The smallest absolute Gasteiger partial charge is 0.307 e. The van der Waals surface area contributed by atoms with Crippen molar-refractivity contribution in [3.8, 4) is 17.6 Å². The third-order valence-corrected chi connectivity index (χ3v) is 26.8. The van der Waals surface area contributed by atoms with Crippen LogP contribution >= 0.6 is 0 Å². The molecular formula is C93H114F6N9O15V3-3. The van der Waals surface area contributed by atoms with Crippen LogP contribution in [-0.2, 0) is 131 Å². The number of amides is 3. The number of fused-ring (bicyclic) bond motifs is 15. The van der Waals surface area contributed by atoms with Crippen LogP contribution in [0.1, 0.15) is 236 Å². The van der Waals surface area contributed by atoms with E-state index in [4.69, 9.17) is 28.4 Å². The quantitative estimate of drug-likeness (QED) is 0.0688. The molecule has 24 nitrogen and oxygen atoms in total. The van der Waals surface area contributed by atoms with Gasteiger partial charge in [-0.05, 0) is 160 Å². The van der Waals surface area contributed by atoms with Gasteiger partial charge in [0.25, 0.3) is 17.8 Å². The van der Waals surface area contributed by atoms with Crippen LogP contribution in [0.2, 0.25) is 0 Å². The van der Waals surface area contributed by atoms with Crippen LogP contribution in [0, 0.1) is 69.5 Å². The van der Waals surface area contributed by atoms with Crippen molar-refractivity contribution in [1.29, 1.82) is 0 Å². The average Bonchev–Trinajstić information content (AvgIpc) is 1.58. The number of hydrogen-bond acceptors (Lipinski definition) is 21. The Bertz CT molecular complexity index is 4940. The van der Waals surface area contributed by atoms with Crippen LogP contribution < -0.4 is 14.2 Å². The molecule has 3 aromatic carbocycles. The molecule has 3 saturated carbocycles. The Morgan fingerprint density at radius 1 is 0.381 bits per heavy atom. The number of esters is 3. The monoisotopic (exact) mass is 1860 g/mol. The molecule has 3 aliphatic carbocycles. The second kappa shape index (κ2) is 40.3. The number of carbonyl (C=O) groups is 6. The molecule has 9 heterocycles. The van der Waals surface area contributed by atoms with E-state index < -0.39 is 172 Å². The molecule has 3 aromatic heterocycles. The number of hydrogen-bond donors (Lipinski definition) is 0. The van der Waals surface area contributed by atoms with E-state index in [1.54, 1.807) is 93.6 Å². The first-order chi connectivity index (χ1) is 58.0. The van der Waals surface area contributed by atoms with Crippen molar-refractivity contribution < 1.29 is 154 Å². The molecule has 6 aliphatic heterocycles. The maximum absolute atomic E-state index is 15.8. The van der Waals surface area contributed by atoms with E-state index in [0.29, 0.717) is 84.5 Å². The van der Waals surface area contributed by atoms with Crippen molar-refractivity contribution in [2.75, 3.05) is 19.6 Å². The molecule has 6 aromatic rings. The van der Waals surface area contributed by atoms with Crippen LogP contribution in [-0.4, -0.2) is 173 Å². The topological polar surface area (TPSA) is 296 Å². The first kappa shape index (κ1) is 100. The van der Waals surface area contributed by atoms with Gasteiger partial charge < -0.3 is 57.5 Å². The van der Waals surface area contributed by atoms with Crippen LogP contribution in [0.5, 0.6) is 17.6 Å². The largest absolute Gasteiger partial charge is 0.540 e. The van der Waals surface area contributed by atoms with Crippen LogP contribution in [0.4, 0.5) is 26.3 Å². The Labute approximate surface area is 767 Å². The number of nitrogens with zero attached hydrogens (tertiary/aromatic N) is 9. The second-order valence-electron chi connectivity index (χ2n) is 39.0. The summed E-state index contributed by atoms with van der Waals surface area (Å²) < 4.78 is 130. The Morgan fingerprint density at radius 3 is 1.02 bits per heavy atom. The van der Waals surface area contributed by atoms with Gasteiger partial charge in [-0.15, -0.1) is 0 Å². The molecule has 0 unspecified atom stereocenters. The Morgan fingerprint density at radius 2 is 0.683 bits per heavy atom. The predicted molar refractivity (Wildman–Crippen MR) is 441 cm³/mol. The normalized spacial score (nSPS) is 30.9. The third kappa shape index (κ3) is 22.6. The average molecular weight is 1860 g/mol. The van der Waals surface area contributed by atoms with Crippen molar-refractivity contribution in [1.82, 2.24) is 44.6 Å². The summed E-state index contributed by atoms with van der Waals surface area (Å²) in [5, 5.41) is 0. The SMILES string of the molecule is C[C@@H]1[C@@H]2CN(C(=O)[C@H](C(C)(C)C)CC(=O)O[C@@H]3CCC[C@H]3CCCCC(F)(F)c3nc4ccccc4nc3O2)[C@@H]1[C-]=O.C[C@@H]1[C@@H]2CN(C(=O)[C@H](C(C)(C)C)CC(=O)O[C@@H]3C[C@H]3CCCCC(F)(F)c3nc4ccccc4nc3O2)[C@@H]1[C-]=O.C[C@@H]1[C@@H]2CN(C(=O)[C@H](C(C)(C)C)CC(=O)O[C@]3(C)C[C@H]3CCCCC(F)(F)c3nc4ccccc4nc3O2)[C@@H]1[C-]=O.[V].[V].[V]. The molecule has 18 atom stereocenters. The van der Waals surface area contributed by atoms with E-state index in [9.17, 15) is 43.2 Å². The minimum Gasteiger partial charge on any atom is -0.540 e. The molecule has 126 heavy (non-hydrogen) atoms. The molecule has 3 radical (unpaired) electrons. The number of carbonyl (C=O) groups excluding carboxylic acids is 9. The molecule has 3 saturated heterocycles. The summed E-state index contributed by atoms with van der Waals surface area (Å²) in [5.74, 6) is -17.0. The number of ether oxygens (including phenoxy) is 6. The van der Waals surface area contributed by atoms with Crippen molar-refractivity contribution >= 4 is 87.6 Å². The van der Waals surface area contributed by atoms with Crippen molar-refractivity contribution in [2.24, 2.45) is 69.5 Å². The number of para-hydroxylation sites is 6. The summed E-state index contributed by atoms with van der Waals surface area (Å²) in [6, 6.07) is 17.3. The van der Waals surface area contributed by atoms with Crippen LogP contribution in [0.25, 0.3) is 33.1 Å². The Balaban J connectivity index is 0.000000195. The van der Waals surface area contributed by atoms with Gasteiger partial charge in [0.2, 0.25) is 35.4 Å². The zero-order valence-corrected chi connectivity index (χ0v) is 78.0. The van der Waals surface area contributed by atoms with Crippen molar-refractivity contribution in [3.63, 3.8) is 0 Å². The van der Waals surface area contributed by atoms with Gasteiger partial charge in [0.1, 0.15) is 36.1 Å². The van der Waals surface area contributed by atoms with E-state index in [1.807, 2.05) is 88.1 Å². The van der Waals surface area contributed by atoms with Gasteiger partial charge in [0.05, 0.1) is 89.8 Å². The predicted octanol–water partition coefficient (Wildman–Crippen LogP) is 16.1. The van der Waals surface area contributed by atoms with Crippen molar-refractivity contribution in [3.05, 3.63) is 89.9 Å². The van der Waals surface area contributed by atoms with Gasteiger partial charge in [-0.1, -0.05) is 157 Å². The van der Waals surface area contributed by atoms with Crippen molar-refractivity contribution in [2.45, 2.75) is 290 Å². The molecular weight excluding hydrogens is 1750 g/mol. The zero-order chi connectivity index (χ0) is 88.8. The summed E-state index contributed by atoms with van der Waals surface area (Å²) >= 11 is 0. The summed E-state index contributed by atoms with van der Waals surface area (Å²) in [7, 11) is 0. The van der Waals surface area contributed by atoms with Gasteiger partial charge in [0, 0.05) is 80.8 Å². The van der Waals surface area contributed by atoms with Gasteiger partial charge in [0.15, 0.2) is 17.1 Å². The van der Waals surface area contributed by atoms with Gasteiger partial charge in [-0.25, -0.2) is 48.8 Å². The first-order valence-corrected chi connectivity index (χ1v) is 43.6. The molecule has 0 N–H and O–H groups in total. The molecule has 9 aliphatic rings. The summed E-state index contributed by atoms with van der Waals surface area (Å²) in [6.07, 6.45) is 9.50. The number of aromatic nitrogens is 6. The van der Waals surface area contributed by atoms with Gasteiger partial charge in [-0.2, -0.15) is 26.3 Å². The minimum atomic E-state index is -3.32. The molecule has 681 valence electrons. The molecule has 33 heteroatoms. The standard InChI is InChI=1S/C32H40F2N3O5.C31H38F2N3O5.C30H36F2N3O5.3V/c1-19-24(18-38)37-17-26(19)42-29-28(35-22-12-5-6-13-23(22)36-29)32(33,34)15-8-7-10-20-11-9-14-25(20)41-27(39)16-21(30(37)40)31(2,3)4;1-18-23(17-37)36-16-24(18)40-27-26(34-21-11-6-7-12-22(21)35-27)31(32,33)13-9-8-10-19-15-30(19,5)41-25(38)14-20(28(36)39)29(2,3)4;1-17-22(16-36)35-15-24(17)40-27-26(33-20-10-5-6-11-21(20)34-27)30(31,32)12-8-7-9-18-13-23(18)39-25(37)14-19(28(35)38)29(2,3)4;;;/h5-6,12-13,19-21,24-26H,7-11,14-17H2,1-4H3;6-7,11-12,18-20,23-24H,8-10,13-16H2,1-5H3;5-6,10-11,17-19,22-24H,7-9,12-15H2,1-4H3;;;/q3*-1;;;/t19-,20+,21+,24+,25+,26-;18-,19+,20+,23+,24-,30+;17-,18+,19+,22+,23+,24-;;;/m000.../s1. The summed E-state index contributed by atoms with van der Waals surface area (Å²) in [4.78, 5) is 148. The first-order valence-electron chi connectivity index (χ1n) is 43.6. The molecule has 15 rings (SSSR count). The maximum Gasteiger partial charge on any atom is 0.307 e. The summed E-state index contributed by atoms with van der Waals surface area (Å²) in [6.45, 7) is 23.7. The van der Waals surface area contributed by atoms with E-state index in [0.717, 1.165) is 19.3 Å². The number of halogens is 6. The van der Waals surface area contributed by atoms with Crippen LogP contribution in [0.15, 0.2) is 72.8 Å². The molecule has 0 spiro atoms. The second-order valence-corrected chi connectivity index (χ2v) is 39.0. The third-order valence-electron chi connectivity index (χ3n) is 26.8. The van der Waals surface area contributed by atoms with Gasteiger partial charge >= 0.3 is 17.9 Å². The van der Waals surface area contributed by atoms with E-state index >= 15 is 26.3 Å². The molecule has 6 fully saturated rings. The minimum absolute atomic E-state index is 0. The van der Waals surface area contributed by atoms with E-state index in [2.05, 4.69) is 29.9 Å².